The Balaban J connectivity index is 1.96. The molecule has 2 rings (SSSR count). The van der Waals surface area contributed by atoms with Crippen molar-refractivity contribution in [2.75, 3.05) is 0 Å². The Morgan fingerprint density at radius 1 is 1.38 bits per heavy atom. The van der Waals surface area contributed by atoms with E-state index in [-0.39, 0.29) is 0 Å². The highest BCUT2D eigenvalue weighted by Crippen LogP contribution is 2.12. The number of hydrogen-bond donors (Lipinski definition) is 0. The summed E-state index contributed by atoms with van der Waals surface area (Å²) < 4.78 is 7.50. The zero-order valence-corrected chi connectivity index (χ0v) is 9.68. The fourth-order valence-corrected chi connectivity index (χ4v) is 1.56. The van der Waals surface area contributed by atoms with Gasteiger partial charge in [0, 0.05) is 6.54 Å². The van der Waals surface area contributed by atoms with Crippen LogP contribution in [-0.4, -0.2) is 9.78 Å². The minimum absolute atomic E-state index is 0.594. The second-order valence-corrected chi connectivity index (χ2v) is 3.81. The van der Waals surface area contributed by atoms with Crippen molar-refractivity contribution in [1.29, 1.82) is 0 Å². The van der Waals surface area contributed by atoms with Gasteiger partial charge in [-0.1, -0.05) is 29.8 Å². The summed E-state index contributed by atoms with van der Waals surface area (Å²) in [5.74, 6) is 0.823. The average molecular weight is 216 g/mol. The molecule has 3 heteroatoms. The topological polar surface area (TPSA) is 27.1 Å². The molecule has 0 radical (unpaired) electrons. The second kappa shape index (κ2) is 4.84. The molecule has 0 fully saturated rings. The van der Waals surface area contributed by atoms with Gasteiger partial charge in [-0.3, -0.25) is 4.68 Å². The summed E-state index contributed by atoms with van der Waals surface area (Å²) in [6.45, 7) is 5.60. The van der Waals surface area contributed by atoms with Crippen LogP contribution in [0.2, 0.25) is 0 Å². The number of benzene rings is 1. The monoisotopic (exact) mass is 216 g/mol. The van der Waals surface area contributed by atoms with Crippen molar-refractivity contribution in [3.05, 3.63) is 47.8 Å². The van der Waals surface area contributed by atoms with E-state index >= 15 is 0 Å². The van der Waals surface area contributed by atoms with E-state index in [1.54, 1.807) is 6.20 Å². The van der Waals surface area contributed by atoms with Gasteiger partial charge in [0.2, 0.25) is 0 Å². The highest BCUT2D eigenvalue weighted by atomic mass is 16.5. The molecule has 0 saturated heterocycles. The van der Waals surface area contributed by atoms with Gasteiger partial charge in [0.1, 0.15) is 6.61 Å². The Labute approximate surface area is 95.7 Å². The van der Waals surface area contributed by atoms with E-state index in [9.17, 15) is 0 Å². The van der Waals surface area contributed by atoms with E-state index in [1.807, 2.05) is 16.9 Å². The first-order chi connectivity index (χ1) is 7.78. The van der Waals surface area contributed by atoms with Crippen LogP contribution in [0.1, 0.15) is 18.1 Å². The van der Waals surface area contributed by atoms with Crippen molar-refractivity contribution >= 4 is 0 Å². The molecule has 1 aromatic heterocycles. The summed E-state index contributed by atoms with van der Waals surface area (Å²) in [4.78, 5) is 0. The first-order valence-electron chi connectivity index (χ1n) is 5.48. The van der Waals surface area contributed by atoms with E-state index < -0.39 is 0 Å². The van der Waals surface area contributed by atoms with Crippen LogP contribution in [0, 0.1) is 6.92 Å². The van der Waals surface area contributed by atoms with Crippen LogP contribution >= 0.6 is 0 Å². The number of nitrogens with zero attached hydrogens (tertiary/aromatic N) is 2. The molecule has 1 heterocycles. The Bertz CT molecular complexity index is 462. The van der Waals surface area contributed by atoms with Gasteiger partial charge in [-0.05, 0) is 19.4 Å². The van der Waals surface area contributed by atoms with Crippen molar-refractivity contribution in [2.24, 2.45) is 0 Å². The molecule has 0 N–H and O–H groups in total. The smallest absolute Gasteiger partial charge is 0.157 e. The lowest BCUT2D eigenvalue weighted by atomic mass is 10.1. The highest BCUT2D eigenvalue weighted by Gasteiger charge is 1.99. The number of aryl methyl sites for hydroxylation is 2. The van der Waals surface area contributed by atoms with Gasteiger partial charge in [0.25, 0.3) is 0 Å². The minimum Gasteiger partial charge on any atom is -0.486 e. The Kier molecular flexibility index (Phi) is 3.25. The normalized spacial score (nSPS) is 10.4. The van der Waals surface area contributed by atoms with Crippen LogP contribution in [0.4, 0.5) is 0 Å². The van der Waals surface area contributed by atoms with Crippen LogP contribution in [0.25, 0.3) is 0 Å². The zero-order valence-electron chi connectivity index (χ0n) is 9.68. The Morgan fingerprint density at radius 3 is 2.94 bits per heavy atom. The van der Waals surface area contributed by atoms with Crippen molar-refractivity contribution < 1.29 is 4.74 Å². The fraction of sp³-hybridized carbons (Fsp3) is 0.308. The Morgan fingerprint density at radius 2 is 2.25 bits per heavy atom. The molecule has 0 amide bonds. The van der Waals surface area contributed by atoms with Gasteiger partial charge in [-0.2, -0.15) is 5.10 Å². The van der Waals surface area contributed by atoms with Crippen LogP contribution in [0.5, 0.6) is 5.75 Å². The first-order valence-corrected chi connectivity index (χ1v) is 5.48. The summed E-state index contributed by atoms with van der Waals surface area (Å²) in [6.07, 6.45) is 3.66. The third kappa shape index (κ3) is 2.63. The molecule has 16 heavy (non-hydrogen) atoms. The number of aromatic nitrogens is 2. The van der Waals surface area contributed by atoms with Gasteiger partial charge in [-0.25, -0.2) is 0 Å². The van der Waals surface area contributed by atoms with E-state index in [1.165, 1.54) is 11.1 Å². The maximum Gasteiger partial charge on any atom is 0.157 e. The summed E-state index contributed by atoms with van der Waals surface area (Å²) in [5.41, 5.74) is 2.44. The lowest BCUT2D eigenvalue weighted by Gasteiger charge is -2.04. The van der Waals surface area contributed by atoms with Gasteiger partial charge >= 0.3 is 0 Å². The molecule has 0 bridgehead atoms. The van der Waals surface area contributed by atoms with Crippen LogP contribution < -0.4 is 4.74 Å². The molecule has 0 spiro atoms. The fourth-order valence-electron chi connectivity index (χ4n) is 1.56. The maximum absolute atomic E-state index is 5.65. The Hall–Kier alpha value is -1.77. The van der Waals surface area contributed by atoms with Gasteiger partial charge in [0.15, 0.2) is 5.75 Å². The van der Waals surface area contributed by atoms with Crippen LogP contribution in [0.3, 0.4) is 0 Å². The molecule has 84 valence electrons. The molecule has 0 atom stereocenters. The lowest BCUT2D eigenvalue weighted by Crippen LogP contribution is -1.95. The SMILES string of the molecule is CCn1cc(OCc2cccc(C)c2)cn1. The zero-order chi connectivity index (χ0) is 11.4. The lowest BCUT2D eigenvalue weighted by molar-refractivity contribution is 0.305. The molecule has 2 aromatic rings. The van der Waals surface area contributed by atoms with E-state index in [4.69, 9.17) is 4.74 Å². The summed E-state index contributed by atoms with van der Waals surface area (Å²) in [5, 5.41) is 4.16. The van der Waals surface area contributed by atoms with Gasteiger partial charge in [-0.15, -0.1) is 0 Å². The standard InChI is InChI=1S/C13H16N2O/c1-3-15-9-13(8-14-15)16-10-12-6-4-5-11(2)7-12/h4-9H,3,10H2,1-2H3. The molecule has 0 aliphatic carbocycles. The number of hydrogen-bond acceptors (Lipinski definition) is 2. The molecular formula is C13H16N2O. The summed E-state index contributed by atoms with van der Waals surface area (Å²) >= 11 is 0. The predicted molar refractivity (Wildman–Crippen MR) is 63.4 cm³/mol. The summed E-state index contributed by atoms with van der Waals surface area (Å²) in [6, 6.07) is 8.32. The van der Waals surface area contributed by atoms with E-state index in [0.29, 0.717) is 6.61 Å². The molecule has 0 saturated carbocycles. The van der Waals surface area contributed by atoms with Crippen LogP contribution in [0.15, 0.2) is 36.7 Å². The van der Waals surface area contributed by atoms with E-state index in [2.05, 4.69) is 37.1 Å². The van der Waals surface area contributed by atoms with Gasteiger partial charge < -0.3 is 4.74 Å². The molecule has 0 aliphatic heterocycles. The number of rotatable bonds is 4. The number of ether oxygens (including phenoxy) is 1. The first kappa shape index (κ1) is 10.7. The second-order valence-electron chi connectivity index (χ2n) is 3.81. The third-order valence-electron chi connectivity index (χ3n) is 2.42. The predicted octanol–water partition coefficient (Wildman–Crippen LogP) is 2.79. The van der Waals surface area contributed by atoms with E-state index in [0.717, 1.165) is 12.3 Å². The molecule has 0 unspecified atom stereocenters. The van der Waals surface area contributed by atoms with Gasteiger partial charge in [0.05, 0.1) is 12.4 Å². The van der Waals surface area contributed by atoms with Crippen molar-refractivity contribution in [3.8, 4) is 5.75 Å². The molecule has 1 aromatic carbocycles. The summed E-state index contributed by atoms with van der Waals surface area (Å²) in [7, 11) is 0. The maximum atomic E-state index is 5.65. The molecule has 3 nitrogen and oxygen atoms in total. The highest BCUT2D eigenvalue weighted by molar-refractivity contribution is 5.22. The third-order valence-corrected chi connectivity index (χ3v) is 2.42. The van der Waals surface area contributed by atoms with Crippen molar-refractivity contribution in [3.63, 3.8) is 0 Å². The van der Waals surface area contributed by atoms with Crippen molar-refractivity contribution in [1.82, 2.24) is 9.78 Å². The largest absolute Gasteiger partial charge is 0.486 e. The molecule has 0 aliphatic rings. The van der Waals surface area contributed by atoms with Crippen LogP contribution in [-0.2, 0) is 13.2 Å². The minimum atomic E-state index is 0.594. The molecular weight excluding hydrogens is 200 g/mol. The van der Waals surface area contributed by atoms with Crippen molar-refractivity contribution in [2.45, 2.75) is 27.0 Å². The average Bonchev–Trinajstić information content (AvgIpc) is 2.74. The quantitative estimate of drug-likeness (QED) is 0.785.